The zero-order valence-electron chi connectivity index (χ0n) is 18.0. The van der Waals surface area contributed by atoms with Crippen LogP contribution in [-0.4, -0.2) is 44.1 Å². The molecular formula is C23H27N3O4S. The van der Waals surface area contributed by atoms with Crippen molar-refractivity contribution in [1.82, 2.24) is 15.0 Å². The Morgan fingerprint density at radius 1 is 0.742 bits per heavy atom. The second kappa shape index (κ2) is 10.9. The number of phenolic OH excluding ortho intramolecular Hbond substituents is 2. The van der Waals surface area contributed by atoms with Crippen molar-refractivity contribution in [2.45, 2.75) is 38.8 Å². The normalized spacial score (nSPS) is 10.8. The molecule has 1 aromatic heterocycles. The van der Waals surface area contributed by atoms with E-state index in [9.17, 15) is 10.2 Å². The fraction of sp³-hybridized carbons (Fsp3) is 0.348. The number of hydrogen-bond acceptors (Lipinski definition) is 8. The predicted octanol–water partition coefficient (Wildman–Crippen LogP) is 5.31. The van der Waals surface area contributed by atoms with E-state index in [4.69, 9.17) is 9.47 Å². The number of aromatic nitrogens is 3. The molecular weight excluding hydrogens is 414 g/mol. The summed E-state index contributed by atoms with van der Waals surface area (Å²) in [6.07, 6.45) is 1.76. The highest BCUT2D eigenvalue weighted by molar-refractivity contribution is 7.99. The van der Waals surface area contributed by atoms with Gasteiger partial charge >= 0.3 is 0 Å². The highest BCUT2D eigenvalue weighted by atomic mass is 32.2. The van der Waals surface area contributed by atoms with Crippen LogP contribution in [0.2, 0.25) is 0 Å². The fourth-order valence-corrected chi connectivity index (χ4v) is 3.37. The third-order valence-electron chi connectivity index (χ3n) is 4.25. The van der Waals surface area contributed by atoms with Crippen LogP contribution < -0.4 is 9.47 Å². The van der Waals surface area contributed by atoms with Crippen LogP contribution in [0.3, 0.4) is 0 Å². The molecule has 0 amide bonds. The monoisotopic (exact) mass is 441 g/mol. The van der Waals surface area contributed by atoms with Crippen LogP contribution in [0.4, 0.5) is 0 Å². The van der Waals surface area contributed by atoms with Gasteiger partial charge in [-0.3, -0.25) is 0 Å². The molecule has 0 spiro atoms. The van der Waals surface area contributed by atoms with Gasteiger partial charge in [0, 0.05) is 12.1 Å². The summed E-state index contributed by atoms with van der Waals surface area (Å²) in [4.78, 5) is 13.5. The fourth-order valence-electron chi connectivity index (χ4n) is 2.81. The maximum atomic E-state index is 10.5. The first-order chi connectivity index (χ1) is 15.0. The minimum Gasteiger partial charge on any atom is -0.507 e. The molecule has 3 aromatic rings. The van der Waals surface area contributed by atoms with Crippen molar-refractivity contribution in [2.75, 3.05) is 19.0 Å². The predicted molar refractivity (Wildman–Crippen MR) is 122 cm³/mol. The summed E-state index contributed by atoms with van der Waals surface area (Å²) in [5, 5.41) is 21.6. The first-order valence-corrected chi connectivity index (χ1v) is 11.4. The number of phenols is 2. The number of thioether (sulfide) groups is 1. The molecule has 164 valence electrons. The maximum Gasteiger partial charge on any atom is 0.191 e. The second-order valence-corrected chi connectivity index (χ2v) is 7.98. The van der Waals surface area contributed by atoms with Gasteiger partial charge in [-0.05, 0) is 42.9 Å². The van der Waals surface area contributed by atoms with E-state index >= 15 is 0 Å². The molecule has 0 unspecified atom stereocenters. The van der Waals surface area contributed by atoms with E-state index in [-0.39, 0.29) is 11.5 Å². The van der Waals surface area contributed by atoms with Gasteiger partial charge in [0.15, 0.2) is 16.8 Å². The topological polar surface area (TPSA) is 97.6 Å². The van der Waals surface area contributed by atoms with E-state index in [0.717, 1.165) is 18.6 Å². The van der Waals surface area contributed by atoms with Gasteiger partial charge in [0.25, 0.3) is 0 Å². The molecule has 0 aliphatic carbocycles. The molecule has 0 bridgehead atoms. The molecule has 3 rings (SSSR count). The largest absolute Gasteiger partial charge is 0.507 e. The lowest BCUT2D eigenvalue weighted by Gasteiger charge is -2.11. The van der Waals surface area contributed by atoms with Gasteiger partial charge in [-0.15, -0.1) is 0 Å². The summed E-state index contributed by atoms with van der Waals surface area (Å²) in [6.45, 7) is 7.19. The van der Waals surface area contributed by atoms with Crippen molar-refractivity contribution in [1.29, 1.82) is 0 Å². The Morgan fingerprint density at radius 2 is 1.23 bits per heavy atom. The lowest BCUT2D eigenvalue weighted by Crippen LogP contribution is -2.01. The quantitative estimate of drug-likeness (QED) is 0.409. The molecule has 0 fully saturated rings. The van der Waals surface area contributed by atoms with Gasteiger partial charge in [-0.2, -0.15) is 0 Å². The standard InChI is InChI=1S/C23H27N3O4S/c1-4-11-29-15-7-9-17(19(27)13-15)21-24-22(26-23(25-21)31-6-3)18-10-8-16(14-20(18)28)30-12-5-2/h7-10,13-14,27-28H,4-6,11-12H2,1-3H3. The molecule has 0 saturated carbocycles. The number of rotatable bonds is 10. The minimum absolute atomic E-state index is 0.0192. The van der Waals surface area contributed by atoms with Crippen molar-refractivity contribution >= 4 is 11.8 Å². The summed E-state index contributed by atoms with van der Waals surface area (Å²) in [5.41, 5.74) is 0.931. The smallest absolute Gasteiger partial charge is 0.191 e. The second-order valence-electron chi connectivity index (χ2n) is 6.75. The Morgan fingerprint density at radius 3 is 1.61 bits per heavy atom. The number of nitrogens with zero attached hydrogens (tertiary/aromatic N) is 3. The Kier molecular flexibility index (Phi) is 7.94. The molecule has 0 aliphatic rings. The Hall–Kier alpha value is -3.00. The van der Waals surface area contributed by atoms with E-state index in [1.54, 1.807) is 36.4 Å². The van der Waals surface area contributed by atoms with Crippen LogP contribution in [0.5, 0.6) is 23.0 Å². The first-order valence-electron chi connectivity index (χ1n) is 10.4. The van der Waals surface area contributed by atoms with Crippen LogP contribution in [0.25, 0.3) is 22.8 Å². The van der Waals surface area contributed by atoms with E-state index in [2.05, 4.69) is 15.0 Å². The third-order valence-corrected chi connectivity index (χ3v) is 4.98. The Balaban J connectivity index is 2.00. The molecule has 7 nitrogen and oxygen atoms in total. The van der Waals surface area contributed by atoms with Crippen LogP contribution in [0.15, 0.2) is 41.6 Å². The van der Waals surface area contributed by atoms with Gasteiger partial charge < -0.3 is 19.7 Å². The van der Waals surface area contributed by atoms with Gasteiger partial charge in [-0.1, -0.05) is 32.5 Å². The van der Waals surface area contributed by atoms with Crippen molar-refractivity contribution in [2.24, 2.45) is 0 Å². The molecule has 0 aliphatic heterocycles. The average Bonchev–Trinajstić information content (AvgIpc) is 2.76. The van der Waals surface area contributed by atoms with Crippen LogP contribution in [0.1, 0.15) is 33.6 Å². The summed E-state index contributed by atoms with van der Waals surface area (Å²) in [6, 6.07) is 10.1. The van der Waals surface area contributed by atoms with Crippen molar-refractivity contribution in [3.05, 3.63) is 36.4 Å². The van der Waals surface area contributed by atoms with Crippen LogP contribution in [0, 0.1) is 0 Å². The molecule has 2 N–H and O–H groups in total. The SMILES string of the molecule is CCCOc1ccc(-c2nc(SCC)nc(-c3ccc(OCCC)cc3O)n2)c(O)c1. The summed E-state index contributed by atoms with van der Waals surface area (Å²) < 4.78 is 11.1. The van der Waals surface area contributed by atoms with E-state index in [1.807, 2.05) is 20.8 Å². The lowest BCUT2D eigenvalue weighted by atomic mass is 10.1. The maximum absolute atomic E-state index is 10.5. The minimum atomic E-state index is 0.0192. The summed E-state index contributed by atoms with van der Waals surface area (Å²) in [5.74, 6) is 2.63. The molecule has 8 heteroatoms. The average molecular weight is 442 g/mol. The van der Waals surface area contributed by atoms with E-state index in [1.165, 1.54) is 11.8 Å². The van der Waals surface area contributed by atoms with Crippen molar-refractivity contribution in [3.8, 4) is 45.8 Å². The Labute approximate surface area is 186 Å². The molecule has 0 saturated heterocycles. The van der Waals surface area contributed by atoms with Crippen molar-refractivity contribution in [3.63, 3.8) is 0 Å². The first kappa shape index (κ1) is 22.7. The zero-order chi connectivity index (χ0) is 22.2. The number of aromatic hydroxyl groups is 2. The molecule has 0 atom stereocenters. The van der Waals surface area contributed by atoms with Gasteiger partial charge in [-0.25, -0.2) is 15.0 Å². The number of benzene rings is 2. The molecule has 0 radical (unpaired) electrons. The van der Waals surface area contributed by atoms with Gasteiger partial charge in [0.05, 0.1) is 24.3 Å². The third kappa shape index (κ3) is 5.79. The van der Waals surface area contributed by atoms with Crippen LogP contribution >= 0.6 is 11.8 Å². The van der Waals surface area contributed by atoms with Gasteiger partial charge in [0.1, 0.15) is 23.0 Å². The highest BCUT2D eigenvalue weighted by Gasteiger charge is 2.16. The van der Waals surface area contributed by atoms with E-state index in [0.29, 0.717) is 52.6 Å². The van der Waals surface area contributed by atoms with Crippen LogP contribution in [-0.2, 0) is 0 Å². The van der Waals surface area contributed by atoms with Gasteiger partial charge in [0.2, 0.25) is 0 Å². The van der Waals surface area contributed by atoms with E-state index < -0.39 is 0 Å². The Bertz CT molecular complexity index is 954. The number of hydrogen-bond donors (Lipinski definition) is 2. The highest BCUT2D eigenvalue weighted by Crippen LogP contribution is 2.35. The number of ether oxygens (including phenoxy) is 2. The van der Waals surface area contributed by atoms with Crippen molar-refractivity contribution < 1.29 is 19.7 Å². The lowest BCUT2D eigenvalue weighted by molar-refractivity contribution is 0.315. The molecule has 2 aromatic carbocycles. The molecule has 1 heterocycles. The zero-order valence-corrected chi connectivity index (χ0v) is 18.8. The summed E-state index contributed by atoms with van der Waals surface area (Å²) in [7, 11) is 0. The summed E-state index contributed by atoms with van der Waals surface area (Å²) >= 11 is 1.46. The molecule has 31 heavy (non-hydrogen) atoms.